The lowest BCUT2D eigenvalue weighted by Gasteiger charge is -2.35. The molecule has 0 amide bonds. The predicted octanol–water partition coefficient (Wildman–Crippen LogP) is 2.11. The van der Waals surface area contributed by atoms with Gasteiger partial charge >= 0.3 is 11.9 Å². The topological polar surface area (TPSA) is 113 Å². The molecule has 0 aromatic heterocycles. The van der Waals surface area contributed by atoms with Crippen LogP contribution in [0.5, 0.6) is 0 Å². The number of hydrogen-bond donors (Lipinski definition) is 0. The van der Waals surface area contributed by atoms with E-state index in [0.29, 0.717) is 5.56 Å². The van der Waals surface area contributed by atoms with Crippen molar-refractivity contribution in [1.82, 2.24) is 0 Å². The third-order valence-electron chi connectivity index (χ3n) is 3.64. The van der Waals surface area contributed by atoms with E-state index in [1.54, 1.807) is 0 Å². The van der Waals surface area contributed by atoms with Crippen LogP contribution in [0.15, 0.2) is 24.3 Å². The van der Waals surface area contributed by atoms with E-state index >= 15 is 0 Å². The van der Waals surface area contributed by atoms with E-state index in [0.717, 1.165) is 0 Å². The van der Waals surface area contributed by atoms with Crippen LogP contribution in [0.3, 0.4) is 0 Å². The van der Waals surface area contributed by atoms with Crippen LogP contribution >= 0.6 is 0 Å². The number of Topliss-reactive ketones (excluding diaryl/α,β-unsaturated/α-hetero) is 1. The molecule has 8 heteroatoms. The second-order valence-electron chi connectivity index (χ2n) is 6.08. The summed E-state index contributed by atoms with van der Waals surface area (Å²) in [6, 6.07) is 5.36. The molecule has 0 spiro atoms. The van der Waals surface area contributed by atoms with Crippen LogP contribution in [-0.2, 0) is 23.9 Å². The second-order valence-corrected chi connectivity index (χ2v) is 6.08. The number of nitrogens with zero attached hydrogens (tertiary/aromatic N) is 1. The van der Waals surface area contributed by atoms with Crippen molar-refractivity contribution in [3.05, 3.63) is 39.9 Å². The number of nitro groups is 1. The van der Waals surface area contributed by atoms with Gasteiger partial charge in [0.05, 0.1) is 4.92 Å². The summed E-state index contributed by atoms with van der Waals surface area (Å²) in [7, 11) is 0. The zero-order chi connectivity index (χ0) is 18.1. The molecule has 1 heterocycles. The van der Waals surface area contributed by atoms with Gasteiger partial charge in [-0.25, -0.2) is 0 Å². The van der Waals surface area contributed by atoms with Gasteiger partial charge in [0.1, 0.15) is 5.78 Å². The Morgan fingerprint density at radius 2 is 1.71 bits per heavy atom. The molecule has 1 aromatic rings. The molecule has 0 saturated carbocycles. The number of hydrogen-bond acceptors (Lipinski definition) is 7. The third-order valence-corrected chi connectivity index (χ3v) is 3.64. The second kappa shape index (κ2) is 6.38. The molecule has 0 aliphatic carbocycles. The van der Waals surface area contributed by atoms with Crippen molar-refractivity contribution in [2.24, 2.45) is 5.92 Å². The Labute approximate surface area is 137 Å². The molecule has 24 heavy (non-hydrogen) atoms. The maximum atomic E-state index is 12.2. The number of non-ortho nitro benzene ring substituents is 1. The van der Waals surface area contributed by atoms with Crippen molar-refractivity contribution in [3.63, 3.8) is 0 Å². The van der Waals surface area contributed by atoms with Crippen molar-refractivity contribution in [2.75, 3.05) is 0 Å². The standard InChI is InChI=1S/C16H17NO7/c1-9(18)8-12(10-4-6-11(7-5-10)17(21)22)13-14(19)23-16(2,3)24-15(13)20/h4-7,12-13H,8H2,1-3H3/t12-/m0/s1. The van der Waals surface area contributed by atoms with E-state index in [1.807, 2.05) is 0 Å². The molecule has 128 valence electrons. The first-order valence-corrected chi connectivity index (χ1v) is 7.30. The summed E-state index contributed by atoms with van der Waals surface area (Å²) in [6.45, 7) is 4.21. The first kappa shape index (κ1) is 17.6. The number of ketones is 1. The maximum absolute atomic E-state index is 12.2. The average Bonchev–Trinajstić information content (AvgIpc) is 2.43. The highest BCUT2D eigenvalue weighted by Crippen LogP contribution is 2.36. The summed E-state index contributed by atoms with van der Waals surface area (Å²) in [5, 5.41) is 10.7. The van der Waals surface area contributed by atoms with Gasteiger partial charge in [-0.2, -0.15) is 0 Å². The van der Waals surface area contributed by atoms with Crippen molar-refractivity contribution < 1.29 is 28.8 Å². The quantitative estimate of drug-likeness (QED) is 0.350. The van der Waals surface area contributed by atoms with Crippen LogP contribution in [-0.4, -0.2) is 28.4 Å². The number of rotatable bonds is 5. The molecule has 0 unspecified atom stereocenters. The number of carbonyl (C=O) groups excluding carboxylic acids is 3. The number of benzene rings is 1. The van der Waals surface area contributed by atoms with Crippen molar-refractivity contribution >= 4 is 23.4 Å². The van der Waals surface area contributed by atoms with Gasteiger partial charge in [0.25, 0.3) is 11.5 Å². The first-order valence-electron chi connectivity index (χ1n) is 7.30. The van der Waals surface area contributed by atoms with Crippen LogP contribution < -0.4 is 0 Å². The highest BCUT2D eigenvalue weighted by atomic mass is 16.7. The summed E-state index contributed by atoms with van der Waals surface area (Å²) in [5.74, 6) is -5.24. The van der Waals surface area contributed by atoms with Crippen molar-refractivity contribution in [2.45, 2.75) is 38.9 Å². The summed E-state index contributed by atoms with van der Waals surface area (Å²) in [6.07, 6.45) is -0.0902. The van der Waals surface area contributed by atoms with Gasteiger partial charge in [-0.1, -0.05) is 12.1 Å². The normalized spacial score (nSPS) is 18.5. The fraction of sp³-hybridized carbons (Fsp3) is 0.438. The Bertz CT molecular complexity index is 673. The molecule has 1 saturated heterocycles. The summed E-state index contributed by atoms with van der Waals surface area (Å²) >= 11 is 0. The number of carbonyl (C=O) groups is 3. The average molecular weight is 335 g/mol. The molecular weight excluding hydrogens is 318 g/mol. The number of nitro benzene ring substituents is 1. The molecule has 0 bridgehead atoms. The largest absolute Gasteiger partial charge is 0.422 e. The van der Waals surface area contributed by atoms with E-state index in [2.05, 4.69) is 0 Å². The van der Waals surface area contributed by atoms with Crippen LogP contribution in [0.2, 0.25) is 0 Å². The molecule has 1 aliphatic heterocycles. The molecular formula is C16H17NO7. The number of cyclic esters (lactones) is 2. The first-order chi connectivity index (χ1) is 11.1. The molecule has 0 radical (unpaired) electrons. The minimum atomic E-state index is -1.36. The van der Waals surface area contributed by atoms with Gasteiger partial charge < -0.3 is 14.3 Å². The van der Waals surface area contributed by atoms with Crippen molar-refractivity contribution in [3.8, 4) is 0 Å². The van der Waals surface area contributed by atoms with Gasteiger partial charge in [0, 0.05) is 38.3 Å². The van der Waals surface area contributed by atoms with Gasteiger partial charge in [0.15, 0.2) is 5.92 Å². The van der Waals surface area contributed by atoms with E-state index < -0.39 is 34.5 Å². The number of ether oxygens (including phenoxy) is 2. The molecule has 1 fully saturated rings. The Hall–Kier alpha value is -2.77. The van der Waals surface area contributed by atoms with Crippen LogP contribution in [0, 0.1) is 16.0 Å². The monoisotopic (exact) mass is 335 g/mol. The number of esters is 2. The van der Waals surface area contributed by atoms with E-state index in [-0.39, 0.29) is 17.9 Å². The maximum Gasteiger partial charge on any atom is 0.324 e. The Balaban J connectivity index is 2.38. The van der Waals surface area contributed by atoms with Gasteiger partial charge in [-0.05, 0) is 12.5 Å². The summed E-state index contributed by atoms with van der Waals surface area (Å²) < 4.78 is 10.2. The summed E-state index contributed by atoms with van der Waals surface area (Å²) in [5.41, 5.74) is 0.324. The molecule has 0 N–H and O–H groups in total. The lowest BCUT2D eigenvalue weighted by molar-refractivity contribution is -0.384. The lowest BCUT2D eigenvalue weighted by Crippen LogP contribution is -2.48. The Morgan fingerprint density at radius 3 is 2.12 bits per heavy atom. The minimum Gasteiger partial charge on any atom is -0.422 e. The fourth-order valence-electron chi connectivity index (χ4n) is 2.64. The third kappa shape index (κ3) is 3.76. The highest BCUT2D eigenvalue weighted by molar-refractivity contribution is 5.98. The van der Waals surface area contributed by atoms with E-state index in [1.165, 1.54) is 45.0 Å². The molecule has 8 nitrogen and oxygen atoms in total. The molecule has 1 atom stereocenters. The van der Waals surface area contributed by atoms with Crippen LogP contribution in [0.1, 0.15) is 38.7 Å². The molecule has 2 rings (SSSR count). The summed E-state index contributed by atoms with van der Waals surface area (Å²) in [4.78, 5) is 46.3. The predicted molar refractivity (Wildman–Crippen MR) is 80.9 cm³/mol. The Kier molecular flexibility index (Phi) is 4.68. The van der Waals surface area contributed by atoms with Crippen molar-refractivity contribution in [1.29, 1.82) is 0 Å². The lowest BCUT2D eigenvalue weighted by atomic mass is 9.82. The molecule has 1 aliphatic rings. The zero-order valence-electron chi connectivity index (χ0n) is 13.5. The minimum absolute atomic E-state index is 0.0902. The Morgan fingerprint density at radius 1 is 1.21 bits per heavy atom. The fourth-order valence-corrected chi connectivity index (χ4v) is 2.64. The molecule has 1 aromatic carbocycles. The SMILES string of the molecule is CC(=O)C[C@@H](c1ccc([N+](=O)[O-])cc1)C1C(=O)OC(C)(C)OC1=O. The van der Waals surface area contributed by atoms with Gasteiger partial charge in [-0.3, -0.25) is 19.7 Å². The van der Waals surface area contributed by atoms with E-state index in [9.17, 15) is 24.5 Å². The van der Waals surface area contributed by atoms with Gasteiger partial charge in [-0.15, -0.1) is 0 Å². The van der Waals surface area contributed by atoms with E-state index in [4.69, 9.17) is 9.47 Å². The van der Waals surface area contributed by atoms with Crippen LogP contribution in [0.25, 0.3) is 0 Å². The van der Waals surface area contributed by atoms with Gasteiger partial charge in [0.2, 0.25) is 0 Å². The zero-order valence-corrected chi connectivity index (χ0v) is 13.5. The smallest absolute Gasteiger partial charge is 0.324 e. The highest BCUT2D eigenvalue weighted by Gasteiger charge is 2.47. The van der Waals surface area contributed by atoms with Crippen LogP contribution in [0.4, 0.5) is 5.69 Å².